The molecule has 138 valence electrons. The maximum Gasteiger partial charge on any atom is 0.283 e. The summed E-state index contributed by atoms with van der Waals surface area (Å²) in [5.41, 5.74) is 3.77. The molecule has 0 saturated heterocycles. The Balaban J connectivity index is 1.66. The third kappa shape index (κ3) is 2.61. The lowest BCUT2D eigenvalue weighted by atomic mass is 10.1. The van der Waals surface area contributed by atoms with Crippen LogP contribution in [0, 0.1) is 6.92 Å². The standard InChI is InChI=1S/C20H16N6OS/c1-12-10-18(28-23-12)25-9-7-17-19(20(25)27)26(24-22-17)13(2)14-5-6-16-15(11-14)4-3-8-21-16/h3-11,13H,1-2H3/t13-/m1/s1. The van der Waals surface area contributed by atoms with E-state index >= 15 is 0 Å². The minimum atomic E-state index is -0.152. The van der Waals surface area contributed by atoms with Crippen LogP contribution in [0.15, 0.2) is 59.7 Å². The predicted octanol–water partition coefficient (Wildman–Crippen LogP) is 3.50. The lowest BCUT2D eigenvalue weighted by Gasteiger charge is -2.14. The predicted molar refractivity (Wildman–Crippen MR) is 109 cm³/mol. The van der Waals surface area contributed by atoms with Crippen LogP contribution in [-0.4, -0.2) is 28.9 Å². The summed E-state index contributed by atoms with van der Waals surface area (Å²) in [6.45, 7) is 3.92. The van der Waals surface area contributed by atoms with E-state index in [0.717, 1.165) is 27.2 Å². The fraction of sp³-hybridized carbons (Fsp3) is 0.150. The molecule has 5 rings (SSSR count). The van der Waals surface area contributed by atoms with E-state index in [2.05, 4.69) is 25.7 Å². The van der Waals surface area contributed by atoms with Crippen LogP contribution in [0.2, 0.25) is 0 Å². The number of aryl methyl sites for hydroxylation is 1. The Morgan fingerprint density at radius 3 is 2.82 bits per heavy atom. The Hall–Kier alpha value is -3.39. The summed E-state index contributed by atoms with van der Waals surface area (Å²) in [5.74, 6) is 0. The topological polar surface area (TPSA) is 78.5 Å². The molecular formula is C20H16N6OS. The van der Waals surface area contributed by atoms with Crippen LogP contribution in [0.3, 0.4) is 0 Å². The second-order valence-electron chi connectivity index (χ2n) is 6.70. The highest BCUT2D eigenvalue weighted by Gasteiger charge is 2.18. The minimum absolute atomic E-state index is 0.152. The molecule has 0 spiro atoms. The molecule has 0 fully saturated rings. The van der Waals surface area contributed by atoms with Gasteiger partial charge in [-0.2, -0.15) is 4.37 Å². The van der Waals surface area contributed by atoms with E-state index in [1.54, 1.807) is 21.6 Å². The monoisotopic (exact) mass is 388 g/mol. The van der Waals surface area contributed by atoms with Crippen LogP contribution >= 0.6 is 11.5 Å². The summed E-state index contributed by atoms with van der Waals surface area (Å²) in [5, 5.41) is 10.3. The van der Waals surface area contributed by atoms with Crippen molar-refractivity contribution in [2.45, 2.75) is 19.9 Å². The smallest absolute Gasteiger partial charge is 0.272 e. The normalized spacial score (nSPS) is 12.6. The molecule has 5 aromatic rings. The SMILES string of the molecule is Cc1cc(-n2ccc3nnn([C@H](C)c4ccc5ncccc5c4)c3c2=O)sn1. The largest absolute Gasteiger partial charge is 0.283 e. The number of hydrogen-bond donors (Lipinski definition) is 0. The van der Waals surface area contributed by atoms with Crippen molar-refractivity contribution in [3.05, 3.63) is 76.5 Å². The van der Waals surface area contributed by atoms with Gasteiger partial charge in [0.1, 0.15) is 10.5 Å². The van der Waals surface area contributed by atoms with E-state index in [4.69, 9.17) is 0 Å². The van der Waals surface area contributed by atoms with Crippen molar-refractivity contribution >= 4 is 33.5 Å². The molecule has 0 aliphatic heterocycles. The van der Waals surface area contributed by atoms with Gasteiger partial charge < -0.3 is 0 Å². The highest BCUT2D eigenvalue weighted by atomic mass is 32.1. The van der Waals surface area contributed by atoms with Crippen molar-refractivity contribution in [1.82, 2.24) is 28.9 Å². The molecule has 4 heterocycles. The van der Waals surface area contributed by atoms with Crippen molar-refractivity contribution in [3.8, 4) is 5.00 Å². The molecule has 0 bridgehead atoms. The number of fused-ring (bicyclic) bond motifs is 2. The molecule has 0 radical (unpaired) electrons. The average Bonchev–Trinajstić information content (AvgIpc) is 3.34. The maximum atomic E-state index is 13.2. The van der Waals surface area contributed by atoms with Crippen molar-refractivity contribution in [1.29, 1.82) is 0 Å². The molecule has 1 aromatic carbocycles. The van der Waals surface area contributed by atoms with E-state index in [0.29, 0.717) is 11.0 Å². The third-order valence-electron chi connectivity index (χ3n) is 4.85. The molecule has 0 amide bonds. The number of hydrogen-bond acceptors (Lipinski definition) is 6. The Morgan fingerprint density at radius 1 is 1.11 bits per heavy atom. The molecule has 28 heavy (non-hydrogen) atoms. The number of aromatic nitrogens is 6. The first-order valence-electron chi connectivity index (χ1n) is 8.87. The minimum Gasteiger partial charge on any atom is -0.272 e. The van der Waals surface area contributed by atoms with Crippen LogP contribution in [0.5, 0.6) is 0 Å². The lowest BCUT2D eigenvalue weighted by Crippen LogP contribution is -2.21. The van der Waals surface area contributed by atoms with Crippen molar-refractivity contribution < 1.29 is 0 Å². The summed E-state index contributed by atoms with van der Waals surface area (Å²) in [7, 11) is 0. The van der Waals surface area contributed by atoms with Gasteiger partial charge in [0.25, 0.3) is 5.56 Å². The van der Waals surface area contributed by atoms with Gasteiger partial charge in [0.2, 0.25) is 0 Å². The highest BCUT2D eigenvalue weighted by molar-refractivity contribution is 7.08. The zero-order valence-corrected chi connectivity index (χ0v) is 16.1. The molecule has 0 aliphatic rings. The Morgan fingerprint density at radius 2 is 2.00 bits per heavy atom. The molecule has 1 atom stereocenters. The van der Waals surface area contributed by atoms with E-state index in [1.165, 1.54) is 11.5 Å². The zero-order chi connectivity index (χ0) is 19.3. The van der Waals surface area contributed by atoms with Gasteiger partial charge in [-0.05, 0) is 61.3 Å². The Bertz CT molecular complexity index is 1380. The van der Waals surface area contributed by atoms with Crippen LogP contribution in [-0.2, 0) is 0 Å². The molecule has 0 N–H and O–H groups in total. The second kappa shape index (κ2) is 6.35. The molecule has 8 heteroatoms. The number of nitrogens with zero attached hydrogens (tertiary/aromatic N) is 6. The van der Waals surface area contributed by atoms with Crippen molar-refractivity contribution in [2.75, 3.05) is 0 Å². The number of pyridine rings is 2. The van der Waals surface area contributed by atoms with Gasteiger partial charge in [-0.25, -0.2) is 4.68 Å². The fourth-order valence-electron chi connectivity index (χ4n) is 3.36. The van der Waals surface area contributed by atoms with Crippen molar-refractivity contribution in [3.63, 3.8) is 0 Å². The quantitative estimate of drug-likeness (QED) is 0.473. The first kappa shape index (κ1) is 16.8. The summed E-state index contributed by atoms with van der Waals surface area (Å²) in [6, 6.07) is 13.6. The summed E-state index contributed by atoms with van der Waals surface area (Å²) in [6.07, 6.45) is 3.50. The molecular weight excluding hydrogens is 372 g/mol. The molecule has 0 unspecified atom stereocenters. The first-order valence-corrected chi connectivity index (χ1v) is 9.64. The van der Waals surface area contributed by atoms with Crippen LogP contribution in [0.1, 0.15) is 24.2 Å². The van der Waals surface area contributed by atoms with Crippen LogP contribution in [0.25, 0.3) is 26.9 Å². The van der Waals surface area contributed by atoms with Gasteiger partial charge >= 0.3 is 0 Å². The molecule has 7 nitrogen and oxygen atoms in total. The Labute approximate surface area is 164 Å². The summed E-state index contributed by atoms with van der Waals surface area (Å²) in [4.78, 5) is 17.6. The van der Waals surface area contributed by atoms with Gasteiger partial charge in [-0.1, -0.05) is 17.3 Å². The average molecular weight is 388 g/mol. The molecule has 0 saturated carbocycles. The van der Waals surface area contributed by atoms with Crippen LogP contribution < -0.4 is 5.56 Å². The van der Waals surface area contributed by atoms with E-state index in [9.17, 15) is 4.79 Å². The van der Waals surface area contributed by atoms with Crippen LogP contribution in [0.4, 0.5) is 0 Å². The van der Waals surface area contributed by atoms with Gasteiger partial charge in [0, 0.05) is 17.8 Å². The first-order chi connectivity index (χ1) is 13.6. The van der Waals surface area contributed by atoms with E-state index < -0.39 is 0 Å². The molecule has 0 aliphatic carbocycles. The lowest BCUT2D eigenvalue weighted by molar-refractivity contribution is 0.558. The van der Waals surface area contributed by atoms with E-state index in [-0.39, 0.29) is 11.6 Å². The van der Waals surface area contributed by atoms with Gasteiger partial charge in [-0.3, -0.25) is 14.3 Å². The van der Waals surface area contributed by atoms with Gasteiger partial charge in [0.15, 0.2) is 5.52 Å². The van der Waals surface area contributed by atoms with E-state index in [1.807, 2.05) is 50.2 Å². The van der Waals surface area contributed by atoms with Gasteiger partial charge in [-0.15, -0.1) is 5.10 Å². The second-order valence-corrected chi connectivity index (χ2v) is 7.48. The highest BCUT2D eigenvalue weighted by Crippen LogP contribution is 2.24. The van der Waals surface area contributed by atoms with Crippen molar-refractivity contribution in [2.24, 2.45) is 0 Å². The zero-order valence-electron chi connectivity index (χ0n) is 15.3. The number of benzene rings is 1. The summed E-state index contributed by atoms with van der Waals surface area (Å²) >= 11 is 1.30. The fourth-order valence-corrected chi connectivity index (χ4v) is 4.10. The van der Waals surface area contributed by atoms with Gasteiger partial charge in [0.05, 0.1) is 17.3 Å². The Kier molecular flexibility index (Phi) is 3.80. The maximum absolute atomic E-state index is 13.2. The number of rotatable bonds is 3. The summed E-state index contributed by atoms with van der Waals surface area (Å²) < 4.78 is 7.57. The molecule has 4 aromatic heterocycles. The third-order valence-corrected chi connectivity index (χ3v) is 5.73.